The molecule has 6 atom stereocenters. The second-order valence-corrected chi connectivity index (χ2v) is 18.2. The van der Waals surface area contributed by atoms with Crippen molar-refractivity contribution in [3.63, 3.8) is 0 Å². The number of halogens is 4. The number of methoxy groups -OCH3 is 1. The number of nitrogens with two attached hydrogens (primary N) is 1. The van der Waals surface area contributed by atoms with Crippen molar-refractivity contribution < 1.29 is 41.7 Å². The van der Waals surface area contributed by atoms with Gasteiger partial charge in [-0.15, -0.1) is 0 Å². The van der Waals surface area contributed by atoms with Crippen LogP contribution in [0, 0.1) is 17.8 Å². The molecule has 14 nitrogen and oxygen atoms in total. The minimum Gasteiger partial charge on any atom is -0.469 e. The van der Waals surface area contributed by atoms with E-state index in [1.165, 1.54) is 7.11 Å². The van der Waals surface area contributed by atoms with Gasteiger partial charge in [-0.2, -0.15) is 0 Å². The number of aromatic amines is 2. The van der Waals surface area contributed by atoms with Gasteiger partial charge >= 0.3 is 0 Å². The lowest BCUT2D eigenvalue weighted by Gasteiger charge is -2.33. The number of benzene rings is 2. The number of ether oxygens (including phenoxy) is 2. The van der Waals surface area contributed by atoms with Crippen molar-refractivity contribution in [3.8, 4) is 39.5 Å². The third-order valence-corrected chi connectivity index (χ3v) is 12.6. The monoisotopic (exact) mass is 889 g/mol. The van der Waals surface area contributed by atoms with Crippen molar-refractivity contribution in [3.05, 3.63) is 72.6 Å². The third kappa shape index (κ3) is 8.09. The van der Waals surface area contributed by atoms with Gasteiger partial charge < -0.3 is 44.6 Å². The first-order valence-corrected chi connectivity index (χ1v) is 21.5. The van der Waals surface area contributed by atoms with Crippen molar-refractivity contribution in [2.45, 2.75) is 103 Å². The molecular weight excluding hydrogens is 835 g/mol. The molecular formula is C46H55F4N9O5. The van der Waals surface area contributed by atoms with Crippen LogP contribution >= 0.6 is 0 Å². The zero-order valence-corrected chi connectivity index (χ0v) is 36.8. The van der Waals surface area contributed by atoms with Crippen molar-refractivity contribution >= 4 is 28.8 Å². The van der Waals surface area contributed by atoms with Gasteiger partial charge in [-0.25, -0.2) is 27.5 Å². The quantitative estimate of drug-likeness (QED) is 0.0588. The fourth-order valence-corrected chi connectivity index (χ4v) is 9.17. The van der Waals surface area contributed by atoms with E-state index < -0.39 is 86.4 Å². The minimum absolute atomic E-state index is 0.000590. The smallest absolute Gasteiger partial charge is 0.267 e. The molecule has 0 bridgehead atoms. The molecule has 342 valence electrons. The van der Waals surface area contributed by atoms with Crippen LogP contribution in [0.25, 0.3) is 50.8 Å². The number of aliphatic hydroxyl groups is 1. The van der Waals surface area contributed by atoms with Gasteiger partial charge in [0.05, 0.1) is 72.2 Å². The number of carbonyl (C=O) groups excluding carboxylic acids is 2. The SMILES string of the molecule is C=Cc1c2n(c3ccc(-c4cnc(C5CC(F)(F)CN5C(=O)C(NC(O)OC)C(C)C)[nH]4)cc13)C(C(C)C)Oc1cc(-c3cnc(C4CC(F)(F)CN4C(=O)C(N)C(C)C)[nH]3)ccc1-2. The Morgan fingerprint density at radius 2 is 1.47 bits per heavy atom. The summed E-state index contributed by atoms with van der Waals surface area (Å²) in [7, 11) is 1.26. The number of aliphatic hydroxyl groups excluding tert-OH is 1. The molecule has 3 aliphatic rings. The normalized spacial score (nSPS) is 21.7. The van der Waals surface area contributed by atoms with E-state index in [4.69, 9.17) is 15.2 Å². The summed E-state index contributed by atoms with van der Waals surface area (Å²) in [5.41, 5.74) is 12.1. The maximum atomic E-state index is 15.1. The average molecular weight is 890 g/mol. The number of likely N-dealkylation sites (tertiary alicyclic amines) is 2. The molecule has 0 spiro atoms. The van der Waals surface area contributed by atoms with Crippen LogP contribution in [0.4, 0.5) is 17.6 Å². The summed E-state index contributed by atoms with van der Waals surface area (Å²) in [6, 6.07) is 7.64. The number of nitrogens with one attached hydrogen (secondary N) is 3. The number of rotatable bonds is 13. The minimum atomic E-state index is -3.16. The van der Waals surface area contributed by atoms with Crippen molar-refractivity contribution in [2.75, 3.05) is 20.2 Å². The van der Waals surface area contributed by atoms with Gasteiger partial charge in [0.25, 0.3) is 11.8 Å². The standard InChI is InChI=1S/C46H55F4N9O5/c1-9-27-29-14-25(30-18-52-40(54-30)34-17-46(49,50)21-58(34)42(61)37(23(4)5)56-44(62)63-8)11-13-32(29)59-38(27)28-12-10-26(15-35(28)64-43(59)24(6)7)31-19-53-39(55-31)33-16-45(47,48)20-57(33)41(60)36(51)22(2)3/h9-15,18-19,22-24,33-34,36-37,43-44,56,62H,1,16-17,20-21,51H2,2-8H3,(H,52,54)(H,53,55). The van der Waals surface area contributed by atoms with Crippen LogP contribution in [0.3, 0.4) is 0 Å². The molecule has 5 aromatic rings. The fourth-order valence-electron chi connectivity index (χ4n) is 9.17. The highest BCUT2D eigenvalue weighted by molar-refractivity contribution is 6.01. The van der Waals surface area contributed by atoms with Gasteiger partial charge in [0.2, 0.25) is 18.2 Å². The number of hydrogen-bond acceptors (Lipinski definition) is 9. The fraction of sp³-hybridized carbons (Fsp3) is 0.478. The van der Waals surface area contributed by atoms with Crippen molar-refractivity contribution in [1.29, 1.82) is 0 Å². The Morgan fingerprint density at radius 1 is 0.906 bits per heavy atom. The first-order chi connectivity index (χ1) is 30.2. The van der Waals surface area contributed by atoms with Gasteiger partial charge in [-0.3, -0.25) is 14.9 Å². The van der Waals surface area contributed by atoms with Gasteiger partial charge in [-0.1, -0.05) is 66.3 Å². The Labute approximate surface area is 368 Å². The van der Waals surface area contributed by atoms with E-state index in [1.807, 2.05) is 36.4 Å². The highest BCUT2D eigenvalue weighted by Crippen LogP contribution is 2.49. The number of carbonyl (C=O) groups is 2. The molecule has 64 heavy (non-hydrogen) atoms. The summed E-state index contributed by atoms with van der Waals surface area (Å²) in [5.74, 6) is -6.93. The molecule has 6 heterocycles. The predicted molar refractivity (Wildman–Crippen MR) is 233 cm³/mol. The number of nitrogens with zero attached hydrogens (tertiary/aromatic N) is 5. The topological polar surface area (TPSA) is 180 Å². The van der Waals surface area contributed by atoms with Crippen LogP contribution in [-0.2, 0) is 14.3 Å². The van der Waals surface area contributed by atoms with Gasteiger partial charge in [0.1, 0.15) is 17.4 Å². The first-order valence-electron chi connectivity index (χ1n) is 21.5. The summed E-state index contributed by atoms with van der Waals surface area (Å²) in [5, 5.41) is 13.6. The van der Waals surface area contributed by atoms with Crippen LogP contribution in [0.2, 0.25) is 0 Å². The zero-order chi connectivity index (χ0) is 46.2. The molecule has 2 saturated heterocycles. The largest absolute Gasteiger partial charge is 0.469 e. The maximum Gasteiger partial charge on any atom is 0.267 e. The molecule has 3 aromatic heterocycles. The highest BCUT2D eigenvalue weighted by atomic mass is 19.3. The van der Waals surface area contributed by atoms with E-state index in [1.54, 1.807) is 46.2 Å². The number of H-pyrrole nitrogens is 2. The summed E-state index contributed by atoms with van der Waals surface area (Å²) >= 11 is 0. The van der Waals surface area contributed by atoms with Crippen LogP contribution in [0.5, 0.6) is 5.75 Å². The zero-order valence-electron chi connectivity index (χ0n) is 36.8. The van der Waals surface area contributed by atoms with E-state index in [2.05, 4.69) is 50.2 Å². The van der Waals surface area contributed by atoms with E-state index in [9.17, 15) is 23.5 Å². The van der Waals surface area contributed by atoms with Crippen LogP contribution in [-0.4, -0.2) is 102 Å². The van der Waals surface area contributed by atoms with Gasteiger partial charge in [0, 0.05) is 53.5 Å². The summed E-state index contributed by atoms with van der Waals surface area (Å²) in [6.07, 6.45) is 1.82. The number of imidazole rings is 2. The van der Waals surface area contributed by atoms with Crippen molar-refractivity contribution in [1.82, 2.24) is 39.6 Å². The Hall–Kier alpha value is -5.56. The molecule has 6 N–H and O–H groups in total. The molecule has 18 heteroatoms. The highest BCUT2D eigenvalue weighted by Gasteiger charge is 2.51. The second kappa shape index (κ2) is 16.8. The number of alkyl halides is 4. The average Bonchev–Trinajstić information content (AvgIpc) is 4.09. The van der Waals surface area contributed by atoms with E-state index in [-0.39, 0.29) is 29.4 Å². The molecule has 2 fully saturated rings. The Balaban J connectivity index is 1.12. The van der Waals surface area contributed by atoms with Crippen LogP contribution in [0.1, 0.15) is 89.9 Å². The molecule has 3 aliphatic heterocycles. The molecule has 0 radical (unpaired) electrons. The summed E-state index contributed by atoms with van der Waals surface area (Å²) in [4.78, 5) is 44.6. The summed E-state index contributed by atoms with van der Waals surface area (Å²) < 4.78 is 73.5. The molecule has 0 saturated carbocycles. The lowest BCUT2D eigenvalue weighted by molar-refractivity contribution is -0.146. The lowest BCUT2D eigenvalue weighted by atomic mass is 9.99. The lowest BCUT2D eigenvalue weighted by Crippen LogP contribution is -2.53. The Morgan fingerprint density at radius 3 is 2.00 bits per heavy atom. The second-order valence-electron chi connectivity index (χ2n) is 18.2. The molecule has 2 amide bonds. The number of amides is 2. The Bertz CT molecular complexity index is 2580. The van der Waals surface area contributed by atoms with Crippen LogP contribution in [0.15, 0.2) is 55.4 Å². The number of fused-ring (bicyclic) bond motifs is 5. The maximum absolute atomic E-state index is 15.1. The van der Waals surface area contributed by atoms with Gasteiger partial charge in [0.15, 0.2) is 6.23 Å². The predicted octanol–water partition coefficient (Wildman–Crippen LogP) is 7.62. The number of aromatic nitrogens is 5. The van der Waals surface area contributed by atoms with Crippen molar-refractivity contribution in [2.24, 2.45) is 23.5 Å². The third-order valence-electron chi connectivity index (χ3n) is 12.6. The Kier molecular flexibility index (Phi) is 11.8. The van der Waals surface area contributed by atoms with E-state index in [0.29, 0.717) is 22.7 Å². The number of hydrogen-bond donors (Lipinski definition) is 5. The molecule has 2 aromatic carbocycles. The summed E-state index contributed by atoms with van der Waals surface area (Å²) in [6.45, 7) is 13.8. The molecule has 0 aliphatic carbocycles. The van der Waals surface area contributed by atoms with E-state index in [0.717, 1.165) is 43.1 Å². The first kappa shape index (κ1) is 45.0. The van der Waals surface area contributed by atoms with Gasteiger partial charge in [-0.05, 0) is 36.1 Å². The van der Waals surface area contributed by atoms with Crippen LogP contribution < -0.4 is 15.8 Å². The molecule has 6 unspecified atom stereocenters. The van der Waals surface area contributed by atoms with E-state index >= 15 is 8.78 Å². The molecule has 8 rings (SSSR count).